The summed E-state index contributed by atoms with van der Waals surface area (Å²) in [5.41, 5.74) is 0. The number of likely N-dealkylation sites (tertiary alicyclic amines) is 1. The summed E-state index contributed by atoms with van der Waals surface area (Å²) in [6.45, 7) is 6.77. The summed E-state index contributed by atoms with van der Waals surface area (Å²) in [7, 11) is -3.62. The van der Waals surface area contributed by atoms with Crippen LogP contribution in [-0.4, -0.2) is 62.3 Å². The van der Waals surface area contributed by atoms with Gasteiger partial charge in [0, 0.05) is 19.6 Å². The summed E-state index contributed by atoms with van der Waals surface area (Å²) in [5.74, 6) is 0.622. The highest BCUT2D eigenvalue weighted by molar-refractivity contribution is 7.89. The molecule has 2 heterocycles. The maximum atomic E-state index is 12.9. The van der Waals surface area contributed by atoms with Crippen LogP contribution in [-0.2, 0) is 14.8 Å². The van der Waals surface area contributed by atoms with Crippen LogP contribution in [0.4, 0.5) is 0 Å². The van der Waals surface area contributed by atoms with Crippen molar-refractivity contribution in [3.8, 4) is 0 Å². The van der Waals surface area contributed by atoms with Crippen molar-refractivity contribution in [1.29, 1.82) is 0 Å². The number of hydrogen-bond acceptors (Lipinski definition) is 4. The van der Waals surface area contributed by atoms with Gasteiger partial charge in [-0.25, -0.2) is 8.42 Å². The number of nitrogens with one attached hydrogen (secondary N) is 1. The summed E-state index contributed by atoms with van der Waals surface area (Å²) in [6, 6.07) is 7.79. The summed E-state index contributed by atoms with van der Waals surface area (Å²) >= 11 is 0. The number of carbonyl (C=O) groups excluding carboxylic acids is 1. The second kappa shape index (κ2) is 9.85. The minimum absolute atomic E-state index is 0.163. The Bertz CT molecular complexity index is 739. The lowest BCUT2D eigenvalue weighted by Gasteiger charge is -2.30. The Morgan fingerprint density at radius 2 is 1.86 bits per heavy atom. The molecule has 0 aromatic heterocycles. The average Bonchev–Trinajstić information content (AvgIpc) is 3.19. The van der Waals surface area contributed by atoms with Gasteiger partial charge in [-0.2, -0.15) is 4.31 Å². The van der Waals surface area contributed by atoms with Gasteiger partial charge >= 0.3 is 0 Å². The molecule has 6 nitrogen and oxygen atoms in total. The van der Waals surface area contributed by atoms with E-state index in [9.17, 15) is 13.2 Å². The number of amides is 1. The SMILES string of the molecule is C[C@@H]1CCCN(CCCCNC(=O)[C@@H]2CCCN2S(=O)(=O)c2ccccc2)C1. The van der Waals surface area contributed by atoms with Crippen LogP contribution in [0.15, 0.2) is 35.2 Å². The van der Waals surface area contributed by atoms with E-state index >= 15 is 0 Å². The molecule has 1 N–H and O–H groups in total. The number of unbranched alkanes of at least 4 members (excludes halogenated alkanes) is 1. The summed E-state index contributed by atoms with van der Waals surface area (Å²) in [4.78, 5) is 15.4. The van der Waals surface area contributed by atoms with E-state index < -0.39 is 16.1 Å². The second-order valence-corrected chi connectivity index (χ2v) is 10.0. The number of carbonyl (C=O) groups is 1. The third-order valence-electron chi connectivity index (χ3n) is 5.80. The van der Waals surface area contributed by atoms with E-state index in [1.807, 2.05) is 0 Å². The fourth-order valence-corrected chi connectivity index (χ4v) is 5.97. The van der Waals surface area contributed by atoms with Crippen molar-refractivity contribution in [3.05, 3.63) is 30.3 Å². The molecule has 1 aromatic rings. The van der Waals surface area contributed by atoms with Crippen molar-refractivity contribution in [2.75, 3.05) is 32.7 Å². The first kappa shape index (κ1) is 21.3. The van der Waals surface area contributed by atoms with E-state index in [1.54, 1.807) is 30.3 Å². The van der Waals surface area contributed by atoms with Crippen molar-refractivity contribution >= 4 is 15.9 Å². The molecule has 2 aliphatic rings. The number of nitrogens with zero attached hydrogens (tertiary/aromatic N) is 2. The normalized spacial score (nSPS) is 24.3. The van der Waals surface area contributed by atoms with Crippen LogP contribution in [0, 0.1) is 5.92 Å². The highest BCUT2D eigenvalue weighted by Gasteiger charge is 2.39. The first-order valence-electron chi connectivity index (χ1n) is 10.6. The Labute approximate surface area is 169 Å². The third-order valence-corrected chi connectivity index (χ3v) is 7.72. The topological polar surface area (TPSA) is 69.7 Å². The molecule has 0 bridgehead atoms. The van der Waals surface area contributed by atoms with E-state index in [0.29, 0.717) is 19.5 Å². The molecule has 28 heavy (non-hydrogen) atoms. The zero-order valence-corrected chi connectivity index (χ0v) is 17.7. The Morgan fingerprint density at radius 1 is 1.11 bits per heavy atom. The molecular weight excluding hydrogens is 374 g/mol. The van der Waals surface area contributed by atoms with E-state index in [4.69, 9.17) is 0 Å². The van der Waals surface area contributed by atoms with Crippen molar-refractivity contribution in [2.24, 2.45) is 5.92 Å². The molecule has 0 radical (unpaired) electrons. The van der Waals surface area contributed by atoms with Crippen molar-refractivity contribution in [2.45, 2.75) is 56.4 Å². The molecule has 2 fully saturated rings. The lowest BCUT2D eigenvalue weighted by atomic mass is 10.0. The van der Waals surface area contributed by atoms with Crippen molar-refractivity contribution < 1.29 is 13.2 Å². The minimum Gasteiger partial charge on any atom is -0.355 e. The van der Waals surface area contributed by atoms with E-state index in [1.165, 1.54) is 30.2 Å². The molecule has 0 saturated carbocycles. The van der Waals surface area contributed by atoms with Gasteiger partial charge in [0.15, 0.2) is 0 Å². The zero-order valence-electron chi connectivity index (χ0n) is 16.8. The Balaban J connectivity index is 1.45. The first-order valence-corrected chi connectivity index (χ1v) is 12.0. The van der Waals surface area contributed by atoms with Gasteiger partial charge in [0.2, 0.25) is 15.9 Å². The van der Waals surface area contributed by atoms with Crippen LogP contribution in [0.5, 0.6) is 0 Å². The average molecular weight is 408 g/mol. The van der Waals surface area contributed by atoms with Gasteiger partial charge in [0.05, 0.1) is 4.90 Å². The molecule has 0 spiro atoms. The van der Waals surface area contributed by atoms with Gasteiger partial charge in [-0.15, -0.1) is 0 Å². The molecule has 0 aliphatic carbocycles. The molecule has 1 aromatic carbocycles. The minimum atomic E-state index is -3.62. The quantitative estimate of drug-likeness (QED) is 0.672. The Hall–Kier alpha value is -1.44. The van der Waals surface area contributed by atoms with Crippen LogP contribution < -0.4 is 5.32 Å². The maximum Gasteiger partial charge on any atom is 0.243 e. The lowest BCUT2D eigenvalue weighted by molar-refractivity contribution is -0.124. The molecule has 156 valence electrons. The number of rotatable bonds is 8. The van der Waals surface area contributed by atoms with Crippen LogP contribution in [0.1, 0.15) is 45.4 Å². The van der Waals surface area contributed by atoms with Gasteiger partial charge in [-0.3, -0.25) is 4.79 Å². The van der Waals surface area contributed by atoms with Crippen LogP contribution in [0.3, 0.4) is 0 Å². The fraction of sp³-hybridized carbons (Fsp3) is 0.667. The number of piperidine rings is 1. The monoisotopic (exact) mass is 407 g/mol. The van der Waals surface area contributed by atoms with E-state index in [0.717, 1.165) is 31.7 Å². The zero-order chi connectivity index (χ0) is 20.0. The summed E-state index contributed by atoms with van der Waals surface area (Å²) in [5, 5.41) is 2.96. The number of sulfonamides is 1. The molecule has 2 atom stereocenters. The Morgan fingerprint density at radius 3 is 2.61 bits per heavy atom. The second-order valence-electron chi connectivity index (χ2n) is 8.13. The van der Waals surface area contributed by atoms with E-state index in [-0.39, 0.29) is 10.8 Å². The van der Waals surface area contributed by atoms with Gasteiger partial charge in [-0.05, 0) is 69.7 Å². The lowest BCUT2D eigenvalue weighted by Crippen LogP contribution is -2.46. The molecule has 0 unspecified atom stereocenters. The van der Waals surface area contributed by atoms with Crippen LogP contribution in [0.2, 0.25) is 0 Å². The maximum absolute atomic E-state index is 12.9. The smallest absolute Gasteiger partial charge is 0.243 e. The molecule has 3 rings (SSSR count). The molecule has 7 heteroatoms. The highest BCUT2D eigenvalue weighted by Crippen LogP contribution is 2.26. The fourth-order valence-electron chi connectivity index (χ4n) is 4.30. The van der Waals surface area contributed by atoms with Crippen LogP contribution in [0.25, 0.3) is 0 Å². The van der Waals surface area contributed by atoms with E-state index in [2.05, 4.69) is 17.1 Å². The van der Waals surface area contributed by atoms with Crippen molar-refractivity contribution in [1.82, 2.24) is 14.5 Å². The number of benzene rings is 1. The van der Waals surface area contributed by atoms with Gasteiger partial charge < -0.3 is 10.2 Å². The number of hydrogen-bond donors (Lipinski definition) is 1. The standard InChI is InChI=1S/C21H33N3O3S/c1-18-9-7-15-23(17-18)14-6-5-13-22-21(25)20-12-8-16-24(20)28(26,27)19-10-3-2-4-11-19/h2-4,10-11,18,20H,5-9,12-17H2,1H3,(H,22,25)/t18-,20+/m1/s1. The molecule has 1 amide bonds. The molecule has 2 aliphatic heterocycles. The predicted molar refractivity (Wildman–Crippen MR) is 110 cm³/mol. The third kappa shape index (κ3) is 5.33. The largest absolute Gasteiger partial charge is 0.355 e. The van der Waals surface area contributed by atoms with Gasteiger partial charge in [0.1, 0.15) is 6.04 Å². The van der Waals surface area contributed by atoms with Gasteiger partial charge in [-0.1, -0.05) is 25.1 Å². The Kier molecular flexibility index (Phi) is 7.48. The summed E-state index contributed by atoms with van der Waals surface area (Å²) < 4.78 is 27.1. The molecular formula is C21H33N3O3S. The van der Waals surface area contributed by atoms with Crippen molar-refractivity contribution in [3.63, 3.8) is 0 Å². The van der Waals surface area contributed by atoms with Gasteiger partial charge in [0.25, 0.3) is 0 Å². The molecule has 2 saturated heterocycles. The first-order chi connectivity index (χ1) is 13.5. The van der Waals surface area contributed by atoms with Crippen LogP contribution >= 0.6 is 0 Å². The summed E-state index contributed by atoms with van der Waals surface area (Å²) in [6.07, 6.45) is 5.90. The predicted octanol–water partition coefficient (Wildman–Crippen LogP) is 2.47. The highest BCUT2D eigenvalue weighted by atomic mass is 32.2.